The van der Waals surface area contributed by atoms with Gasteiger partial charge in [-0.3, -0.25) is 20.4 Å². The van der Waals surface area contributed by atoms with Crippen molar-refractivity contribution >= 4 is 21.8 Å². The second-order valence-corrected chi connectivity index (χ2v) is 8.36. The minimum absolute atomic E-state index is 0.0318. The maximum atomic E-state index is 12.2. The van der Waals surface area contributed by atoms with Crippen molar-refractivity contribution < 1.29 is 22.7 Å². The molecule has 2 aromatic rings. The van der Waals surface area contributed by atoms with E-state index in [0.29, 0.717) is 23.5 Å². The van der Waals surface area contributed by atoms with Gasteiger partial charge < -0.3 is 4.74 Å². The summed E-state index contributed by atoms with van der Waals surface area (Å²) in [6.45, 7) is 2.79. The summed E-state index contributed by atoms with van der Waals surface area (Å²) in [6, 6.07) is 12.3. The molecular weight excluding hydrogens is 406 g/mol. The number of benzene rings is 2. The molecule has 0 heterocycles. The van der Waals surface area contributed by atoms with Gasteiger partial charge in [0.05, 0.1) is 17.9 Å². The van der Waals surface area contributed by atoms with Gasteiger partial charge in [0.15, 0.2) is 0 Å². The summed E-state index contributed by atoms with van der Waals surface area (Å²) in [4.78, 5) is 24.1. The average molecular weight is 434 g/mol. The molecule has 0 spiro atoms. The number of hydrogen-bond acceptors (Lipinski definition) is 5. The fourth-order valence-electron chi connectivity index (χ4n) is 2.65. The van der Waals surface area contributed by atoms with E-state index >= 15 is 0 Å². The number of hydrazine groups is 1. The lowest BCUT2D eigenvalue weighted by Crippen LogP contribution is -2.42. The van der Waals surface area contributed by atoms with Crippen molar-refractivity contribution in [1.82, 2.24) is 10.9 Å². The second kappa shape index (κ2) is 11.3. The first-order chi connectivity index (χ1) is 14.3. The summed E-state index contributed by atoms with van der Waals surface area (Å²) >= 11 is 0. The van der Waals surface area contributed by atoms with Crippen LogP contribution in [0.25, 0.3) is 0 Å². The maximum Gasteiger partial charge on any atom is 0.269 e. The highest BCUT2D eigenvalue weighted by Gasteiger charge is 2.10. The molecule has 2 amide bonds. The van der Waals surface area contributed by atoms with E-state index in [9.17, 15) is 18.0 Å². The third-order valence-electron chi connectivity index (χ3n) is 4.32. The monoisotopic (exact) mass is 433 g/mol. The number of unbranched alkanes of at least 4 members (excludes halogenated alkanes) is 3. The van der Waals surface area contributed by atoms with E-state index in [4.69, 9.17) is 9.88 Å². The third kappa shape index (κ3) is 7.84. The van der Waals surface area contributed by atoms with Crippen LogP contribution in [0.3, 0.4) is 0 Å². The highest BCUT2D eigenvalue weighted by atomic mass is 32.2. The fraction of sp³-hybridized carbons (Fsp3) is 0.333. The van der Waals surface area contributed by atoms with Gasteiger partial charge in [0.1, 0.15) is 5.75 Å². The van der Waals surface area contributed by atoms with Gasteiger partial charge >= 0.3 is 0 Å². The zero-order valence-corrected chi connectivity index (χ0v) is 17.7. The third-order valence-corrected chi connectivity index (χ3v) is 5.24. The average Bonchev–Trinajstić information content (AvgIpc) is 2.72. The lowest BCUT2D eigenvalue weighted by atomic mass is 10.1. The van der Waals surface area contributed by atoms with E-state index < -0.39 is 21.8 Å². The van der Waals surface area contributed by atoms with Crippen LogP contribution in [0.1, 0.15) is 48.5 Å². The first-order valence-corrected chi connectivity index (χ1v) is 11.3. The lowest BCUT2D eigenvalue weighted by molar-refractivity contribution is -0.121. The van der Waals surface area contributed by atoms with Crippen molar-refractivity contribution in [1.29, 1.82) is 0 Å². The van der Waals surface area contributed by atoms with E-state index in [2.05, 4.69) is 17.8 Å². The van der Waals surface area contributed by atoms with Crippen molar-refractivity contribution in [2.24, 2.45) is 5.14 Å². The Morgan fingerprint density at radius 3 is 2.20 bits per heavy atom. The molecular formula is C21H27N3O5S. The molecule has 0 saturated heterocycles. The summed E-state index contributed by atoms with van der Waals surface area (Å²) in [7, 11) is -3.78. The normalized spacial score (nSPS) is 11.0. The predicted molar refractivity (Wildman–Crippen MR) is 113 cm³/mol. The van der Waals surface area contributed by atoms with Crippen molar-refractivity contribution in [2.45, 2.75) is 43.9 Å². The number of nitrogens with two attached hydrogens (primary N) is 1. The van der Waals surface area contributed by atoms with Gasteiger partial charge in [-0.15, -0.1) is 0 Å². The van der Waals surface area contributed by atoms with Gasteiger partial charge in [0.2, 0.25) is 15.9 Å². The Hall–Kier alpha value is -2.91. The second-order valence-electron chi connectivity index (χ2n) is 6.80. The quantitative estimate of drug-likeness (QED) is 0.391. The minimum Gasteiger partial charge on any atom is -0.494 e. The molecule has 8 nitrogen and oxygen atoms in total. The van der Waals surface area contributed by atoms with Crippen LogP contribution < -0.4 is 20.7 Å². The molecule has 9 heteroatoms. The minimum atomic E-state index is -3.78. The Balaban J connectivity index is 1.77. The van der Waals surface area contributed by atoms with Crippen LogP contribution >= 0.6 is 0 Å². The van der Waals surface area contributed by atoms with Crippen LogP contribution in [0, 0.1) is 0 Å². The number of amides is 2. The predicted octanol–water partition coefficient (Wildman–Crippen LogP) is 2.30. The van der Waals surface area contributed by atoms with Gasteiger partial charge in [-0.2, -0.15) is 0 Å². The molecule has 2 rings (SSSR count). The number of primary sulfonamides is 1. The van der Waals surface area contributed by atoms with Crippen molar-refractivity contribution in [3.63, 3.8) is 0 Å². The molecule has 0 fully saturated rings. The molecule has 0 aliphatic carbocycles. The molecule has 0 aromatic heterocycles. The van der Waals surface area contributed by atoms with Crippen LogP contribution in [0.15, 0.2) is 53.4 Å². The molecule has 0 saturated carbocycles. The Bertz CT molecular complexity index is 942. The number of carbonyl (C=O) groups is 2. The molecule has 0 bridgehead atoms. The topological polar surface area (TPSA) is 128 Å². The summed E-state index contributed by atoms with van der Waals surface area (Å²) < 4.78 is 28.1. The number of ether oxygens (including phenoxy) is 1. The SMILES string of the molecule is CCCCCCOc1ccc(C(=O)NNC(=O)Cc2ccc(S(N)(=O)=O)cc2)cc1. The lowest BCUT2D eigenvalue weighted by Gasteiger charge is -2.09. The number of sulfonamides is 1. The van der Waals surface area contributed by atoms with Crippen molar-refractivity contribution in [2.75, 3.05) is 6.61 Å². The smallest absolute Gasteiger partial charge is 0.269 e. The number of carbonyl (C=O) groups excluding carboxylic acids is 2. The number of nitrogens with one attached hydrogen (secondary N) is 2. The van der Waals surface area contributed by atoms with E-state index in [1.807, 2.05) is 0 Å². The number of rotatable bonds is 10. The molecule has 0 aliphatic rings. The van der Waals surface area contributed by atoms with Crippen LogP contribution in [0.2, 0.25) is 0 Å². The summed E-state index contributed by atoms with van der Waals surface area (Å²) in [5, 5.41) is 5.03. The Morgan fingerprint density at radius 1 is 0.933 bits per heavy atom. The van der Waals surface area contributed by atoms with Gasteiger partial charge in [0, 0.05) is 5.56 Å². The first-order valence-electron chi connectivity index (χ1n) is 9.73. The molecule has 4 N–H and O–H groups in total. The van der Waals surface area contributed by atoms with E-state index in [-0.39, 0.29) is 11.3 Å². The summed E-state index contributed by atoms with van der Waals surface area (Å²) in [5.41, 5.74) is 5.63. The van der Waals surface area contributed by atoms with E-state index in [1.165, 1.54) is 37.1 Å². The molecule has 0 unspecified atom stereocenters. The van der Waals surface area contributed by atoms with E-state index in [0.717, 1.165) is 12.8 Å². The van der Waals surface area contributed by atoms with E-state index in [1.54, 1.807) is 24.3 Å². The van der Waals surface area contributed by atoms with Gasteiger partial charge in [-0.05, 0) is 48.4 Å². The highest BCUT2D eigenvalue weighted by Crippen LogP contribution is 2.13. The van der Waals surface area contributed by atoms with Crippen LogP contribution in [-0.2, 0) is 21.2 Å². The largest absolute Gasteiger partial charge is 0.494 e. The van der Waals surface area contributed by atoms with Crippen molar-refractivity contribution in [3.8, 4) is 5.75 Å². The summed E-state index contributed by atoms with van der Waals surface area (Å²) in [6.07, 6.45) is 4.45. The van der Waals surface area contributed by atoms with Crippen LogP contribution in [-0.4, -0.2) is 26.8 Å². The molecule has 162 valence electrons. The van der Waals surface area contributed by atoms with Crippen LogP contribution in [0.4, 0.5) is 0 Å². The van der Waals surface area contributed by atoms with Gasteiger partial charge in [0.25, 0.3) is 5.91 Å². The van der Waals surface area contributed by atoms with Crippen molar-refractivity contribution in [3.05, 3.63) is 59.7 Å². The molecule has 30 heavy (non-hydrogen) atoms. The Morgan fingerprint density at radius 2 is 1.60 bits per heavy atom. The first kappa shape index (κ1) is 23.4. The van der Waals surface area contributed by atoms with Gasteiger partial charge in [-0.25, -0.2) is 13.6 Å². The van der Waals surface area contributed by atoms with Crippen LogP contribution in [0.5, 0.6) is 5.75 Å². The standard InChI is InChI=1S/C21H27N3O5S/c1-2-3-4-5-14-29-18-10-8-17(9-11-18)21(26)24-23-20(25)15-16-6-12-19(13-7-16)30(22,27)28/h6-13H,2-5,14-15H2,1H3,(H,23,25)(H,24,26)(H2,22,27,28). The molecule has 0 atom stereocenters. The summed E-state index contributed by atoms with van der Waals surface area (Å²) in [5.74, 6) is -0.212. The number of hydrogen-bond donors (Lipinski definition) is 3. The molecule has 0 radical (unpaired) electrons. The highest BCUT2D eigenvalue weighted by molar-refractivity contribution is 7.89. The maximum absolute atomic E-state index is 12.2. The Kier molecular flexibility index (Phi) is 8.82. The fourth-order valence-corrected chi connectivity index (χ4v) is 3.16. The molecule has 0 aliphatic heterocycles. The molecule has 2 aromatic carbocycles. The zero-order chi connectivity index (χ0) is 22.0. The van der Waals surface area contributed by atoms with Gasteiger partial charge in [-0.1, -0.05) is 38.3 Å². The zero-order valence-electron chi connectivity index (χ0n) is 16.9. The Labute approximate surface area is 176 Å².